The zero-order valence-corrected chi connectivity index (χ0v) is 15.2. The first-order valence-corrected chi connectivity index (χ1v) is 8.46. The average molecular weight is 374 g/mol. The summed E-state index contributed by atoms with van der Waals surface area (Å²) in [6, 6.07) is 5.93. The van der Waals surface area contributed by atoms with Crippen LogP contribution < -0.4 is 5.32 Å². The van der Waals surface area contributed by atoms with Crippen molar-refractivity contribution in [2.45, 2.75) is 32.2 Å². The zero-order valence-electron chi connectivity index (χ0n) is 12.0. The predicted molar refractivity (Wildman–Crippen MR) is 90.9 cm³/mol. The Morgan fingerprint density at radius 2 is 2.05 bits per heavy atom. The van der Waals surface area contributed by atoms with Crippen LogP contribution in [0.1, 0.15) is 43.1 Å². The van der Waals surface area contributed by atoms with Gasteiger partial charge in [-0.05, 0) is 24.7 Å². The Bertz CT molecular complexity index is 604. The maximum absolute atomic E-state index is 6.01. The summed E-state index contributed by atoms with van der Waals surface area (Å²) in [5, 5.41) is 7.27. The van der Waals surface area contributed by atoms with Gasteiger partial charge in [-0.3, -0.25) is 0 Å². The van der Waals surface area contributed by atoms with Gasteiger partial charge >= 0.3 is 0 Å². The minimum absolute atomic E-state index is 0.0720. The number of hydrogen-bond donors (Lipinski definition) is 1. The number of benzene rings is 1. The van der Waals surface area contributed by atoms with Crippen molar-refractivity contribution >= 4 is 38.9 Å². The van der Waals surface area contributed by atoms with Gasteiger partial charge in [0.25, 0.3) is 0 Å². The SMILES string of the molecule is CNC(c1nc(C(C)(C)C)cs1)c1ccc(Cl)cc1Br. The second-order valence-electron chi connectivity index (χ2n) is 5.71. The molecule has 108 valence electrons. The molecule has 0 amide bonds. The van der Waals surface area contributed by atoms with Crippen molar-refractivity contribution in [2.75, 3.05) is 7.05 Å². The molecule has 1 heterocycles. The van der Waals surface area contributed by atoms with E-state index in [0.717, 1.165) is 25.8 Å². The Kier molecular flexibility index (Phi) is 4.90. The fraction of sp³-hybridized carbons (Fsp3) is 0.400. The summed E-state index contributed by atoms with van der Waals surface area (Å²) in [4.78, 5) is 4.79. The Balaban J connectivity index is 2.40. The summed E-state index contributed by atoms with van der Waals surface area (Å²) in [5.41, 5.74) is 2.35. The van der Waals surface area contributed by atoms with Crippen LogP contribution in [0.5, 0.6) is 0 Å². The van der Waals surface area contributed by atoms with Gasteiger partial charge in [-0.15, -0.1) is 11.3 Å². The van der Waals surface area contributed by atoms with Crippen molar-refractivity contribution in [2.24, 2.45) is 0 Å². The summed E-state index contributed by atoms with van der Waals surface area (Å²) in [6.07, 6.45) is 0. The highest BCUT2D eigenvalue weighted by atomic mass is 79.9. The van der Waals surface area contributed by atoms with Crippen LogP contribution in [0.15, 0.2) is 28.1 Å². The molecule has 0 aliphatic rings. The number of rotatable bonds is 3. The Labute approximate surface area is 137 Å². The zero-order chi connectivity index (χ0) is 14.9. The number of hydrogen-bond acceptors (Lipinski definition) is 3. The molecule has 1 aromatic carbocycles. The molecule has 0 saturated heterocycles. The summed E-state index contributed by atoms with van der Waals surface area (Å²) < 4.78 is 0.997. The Hall–Kier alpha value is -0.420. The molecule has 0 saturated carbocycles. The topological polar surface area (TPSA) is 24.9 Å². The van der Waals surface area contributed by atoms with E-state index in [1.165, 1.54) is 0 Å². The van der Waals surface area contributed by atoms with E-state index in [-0.39, 0.29) is 11.5 Å². The average Bonchev–Trinajstić information content (AvgIpc) is 2.82. The molecule has 2 aromatic rings. The van der Waals surface area contributed by atoms with Gasteiger partial charge in [0.2, 0.25) is 0 Å². The lowest BCUT2D eigenvalue weighted by atomic mass is 9.93. The third kappa shape index (κ3) is 3.42. The highest BCUT2D eigenvalue weighted by Gasteiger charge is 2.22. The van der Waals surface area contributed by atoms with Gasteiger partial charge in [-0.1, -0.05) is 54.4 Å². The highest BCUT2D eigenvalue weighted by molar-refractivity contribution is 9.10. The maximum atomic E-state index is 6.01. The fourth-order valence-electron chi connectivity index (χ4n) is 1.91. The third-order valence-corrected chi connectivity index (χ3v) is 4.93. The minimum Gasteiger partial charge on any atom is -0.307 e. The number of nitrogens with zero attached hydrogens (tertiary/aromatic N) is 1. The van der Waals surface area contributed by atoms with Crippen molar-refractivity contribution in [1.29, 1.82) is 0 Å². The quantitative estimate of drug-likeness (QED) is 0.803. The van der Waals surface area contributed by atoms with E-state index in [2.05, 4.69) is 47.4 Å². The molecule has 1 atom stereocenters. The van der Waals surface area contributed by atoms with Crippen molar-refractivity contribution in [3.8, 4) is 0 Å². The van der Waals surface area contributed by atoms with Gasteiger partial charge in [-0.25, -0.2) is 4.98 Å². The molecule has 0 spiro atoms. The predicted octanol–water partition coefficient (Wildman–Crippen LogP) is 5.17. The normalized spacial score (nSPS) is 13.5. The summed E-state index contributed by atoms with van der Waals surface area (Å²) in [6.45, 7) is 6.54. The van der Waals surface area contributed by atoms with Crippen molar-refractivity contribution in [1.82, 2.24) is 10.3 Å². The largest absolute Gasteiger partial charge is 0.307 e. The van der Waals surface area contributed by atoms with Gasteiger partial charge in [-0.2, -0.15) is 0 Å². The van der Waals surface area contributed by atoms with Crippen molar-refractivity contribution in [3.05, 3.63) is 49.3 Å². The first-order valence-electron chi connectivity index (χ1n) is 6.41. The molecule has 0 aliphatic heterocycles. The van der Waals surface area contributed by atoms with Gasteiger partial charge in [0.1, 0.15) is 5.01 Å². The molecule has 1 unspecified atom stereocenters. The molecule has 0 bridgehead atoms. The Morgan fingerprint density at radius 1 is 1.35 bits per heavy atom. The fourth-order valence-corrected chi connectivity index (χ4v) is 3.99. The summed E-state index contributed by atoms with van der Waals surface area (Å²) in [5.74, 6) is 0. The third-order valence-electron chi connectivity index (χ3n) is 3.10. The van der Waals surface area contributed by atoms with E-state index in [9.17, 15) is 0 Å². The molecule has 2 nitrogen and oxygen atoms in total. The lowest BCUT2D eigenvalue weighted by Crippen LogP contribution is -2.19. The standard InChI is InChI=1S/C15H18BrClN2S/c1-15(2,3)12-8-20-14(19-12)13(18-4)10-6-5-9(17)7-11(10)16/h5-8,13,18H,1-4H3. The van der Waals surface area contributed by atoms with Crippen LogP contribution in [0.25, 0.3) is 0 Å². The van der Waals surface area contributed by atoms with Gasteiger partial charge in [0, 0.05) is 20.3 Å². The molecule has 0 fully saturated rings. The summed E-state index contributed by atoms with van der Waals surface area (Å²) >= 11 is 11.3. The van der Waals surface area contributed by atoms with Crippen molar-refractivity contribution in [3.63, 3.8) is 0 Å². The first-order chi connectivity index (χ1) is 9.32. The van der Waals surface area contributed by atoms with Crippen molar-refractivity contribution < 1.29 is 0 Å². The van der Waals surface area contributed by atoms with E-state index < -0.39 is 0 Å². The van der Waals surface area contributed by atoms with Crippen LogP contribution in [0.2, 0.25) is 5.02 Å². The van der Waals surface area contributed by atoms with Gasteiger partial charge in [0.05, 0.1) is 11.7 Å². The smallest absolute Gasteiger partial charge is 0.114 e. The van der Waals surface area contributed by atoms with Crippen LogP contribution in [-0.4, -0.2) is 12.0 Å². The molecule has 5 heteroatoms. The Morgan fingerprint density at radius 3 is 2.55 bits per heavy atom. The van der Waals surface area contributed by atoms with E-state index in [4.69, 9.17) is 16.6 Å². The number of halogens is 2. The minimum atomic E-state index is 0.0720. The molecule has 1 aromatic heterocycles. The van der Waals surface area contributed by atoms with E-state index in [0.29, 0.717) is 0 Å². The number of aromatic nitrogens is 1. The summed E-state index contributed by atoms with van der Waals surface area (Å²) in [7, 11) is 1.95. The van der Waals surface area contributed by atoms with Crippen LogP contribution >= 0.6 is 38.9 Å². The molecule has 0 aliphatic carbocycles. The molecule has 2 rings (SSSR count). The van der Waals surface area contributed by atoms with Crippen LogP contribution in [-0.2, 0) is 5.41 Å². The van der Waals surface area contributed by atoms with Gasteiger partial charge in [0.15, 0.2) is 0 Å². The highest BCUT2D eigenvalue weighted by Crippen LogP contribution is 2.33. The number of thiazole rings is 1. The second-order valence-corrected chi connectivity index (χ2v) is 7.89. The van der Waals surface area contributed by atoms with Gasteiger partial charge < -0.3 is 5.32 Å². The van der Waals surface area contributed by atoms with Crippen LogP contribution in [0, 0.1) is 0 Å². The number of nitrogens with one attached hydrogen (secondary N) is 1. The maximum Gasteiger partial charge on any atom is 0.114 e. The van der Waals surface area contributed by atoms with Crippen LogP contribution in [0.3, 0.4) is 0 Å². The molecular weight excluding hydrogens is 356 g/mol. The lowest BCUT2D eigenvalue weighted by molar-refractivity contribution is 0.566. The van der Waals surface area contributed by atoms with Crippen LogP contribution in [0.4, 0.5) is 0 Å². The van der Waals surface area contributed by atoms with E-state index in [1.54, 1.807) is 11.3 Å². The van der Waals surface area contributed by atoms with E-state index in [1.807, 2.05) is 25.2 Å². The molecular formula is C15H18BrClN2S. The first kappa shape index (κ1) is 16.0. The lowest BCUT2D eigenvalue weighted by Gasteiger charge is -2.17. The van der Waals surface area contributed by atoms with E-state index >= 15 is 0 Å². The molecule has 1 N–H and O–H groups in total. The monoisotopic (exact) mass is 372 g/mol. The molecule has 20 heavy (non-hydrogen) atoms. The second kappa shape index (κ2) is 6.14. The molecule has 0 radical (unpaired) electrons.